The van der Waals surface area contributed by atoms with Gasteiger partial charge in [0.2, 0.25) is 5.88 Å². The van der Waals surface area contributed by atoms with Crippen LogP contribution in [0.5, 0.6) is 5.88 Å². The number of methoxy groups -OCH3 is 1. The molecule has 1 N–H and O–H groups in total. The second kappa shape index (κ2) is 4.80. The van der Waals surface area contributed by atoms with Crippen LogP contribution in [0, 0.1) is 11.3 Å². The Morgan fingerprint density at radius 3 is 3.00 bits per heavy atom. The number of hydrogen-bond donors (Lipinski definition) is 1. The predicted molar refractivity (Wildman–Crippen MR) is 51.0 cm³/mol. The molecule has 0 bridgehead atoms. The summed E-state index contributed by atoms with van der Waals surface area (Å²) in [5.74, 6) is 0.250. The molecule has 0 radical (unpaired) electrons. The van der Waals surface area contributed by atoms with E-state index in [1.54, 1.807) is 12.1 Å². The van der Waals surface area contributed by atoms with E-state index in [2.05, 4.69) is 4.98 Å². The van der Waals surface area contributed by atoms with E-state index < -0.39 is 6.10 Å². The lowest BCUT2D eigenvalue weighted by molar-refractivity contribution is 0.177. The highest BCUT2D eigenvalue weighted by Gasteiger charge is 2.14. The third-order valence-electron chi connectivity index (χ3n) is 1.69. The summed E-state index contributed by atoms with van der Waals surface area (Å²) in [5.41, 5.74) is 0.471. The molecule has 0 aliphatic carbocycles. The quantitative estimate of drug-likeness (QED) is 0.775. The lowest BCUT2D eigenvalue weighted by Crippen LogP contribution is -2.01. The number of nitrogens with zero attached hydrogens (tertiary/aromatic N) is 2. The molecular weight excluding hydrogens is 204 g/mol. The second-order valence-electron chi connectivity index (χ2n) is 2.61. The third-order valence-corrected chi connectivity index (χ3v) is 1.90. The van der Waals surface area contributed by atoms with E-state index in [1.165, 1.54) is 7.11 Å². The van der Waals surface area contributed by atoms with Crippen LogP contribution in [0.3, 0.4) is 0 Å². The smallest absolute Gasteiger partial charge is 0.220 e. The van der Waals surface area contributed by atoms with Crippen molar-refractivity contribution in [3.8, 4) is 11.9 Å². The number of nitriles is 1. The molecule has 0 saturated carbocycles. The maximum atomic E-state index is 9.54. The normalized spacial score (nSPS) is 11.9. The molecule has 0 spiro atoms. The summed E-state index contributed by atoms with van der Waals surface area (Å²) in [4.78, 5) is 3.87. The Bertz CT molecular complexity index is 362. The Kier molecular flexibility index (Phi) is 3.69. The molecule has 1 unspecified atom stereocenters. The number of aliphatic hydroxyl groups excluding tert-OH is 1. The van der Waals surface area contributed by atoms with Crippen molar-refractivity contribution in [3.05, 3.63) is 22.8 Å². The molecule has 1 atom stereocenters. The minimum absolute atomic E-state index is 0.000325. The average Bonchev–Trinajstić information content (AvgIpc) is 2.17. The molecule has 0 aliphatic rings. The van der Waals surface area contributed by atoms with Gasteiger partial charge < -0.3 is 9.84 Å². The van der Waals surface area contributed by atoms with Crippen LogP contribution >= 0.6 is 11.6 Å². The van der Waals surface area contributed by atoms with E-state index >= 15 is 0 Å². The number of hydrogen-bond acceptors (Lipinski definition) is 4. The van der Waals surface area contributed by atoms with Crippen molar-refractivity contribution in [1.29, 1.82) is 5.26 Å². The highest BCUT2D eigenvalue weighted by Crippen LogP contribution is 2.26. The highest BCUT2D eigenvalue weighted by atomic mass is 35.5. The first-order valence-electron chi connectivity index (χ1n) is 3.94. The zero-order valence-electron chi connectivity index (χ0n) is 7.57. The van der Waals surface area contributed by atoms with Gasteiger partial charge in [-0.1, -0.05) is 11.6 Å². The van der Waals surface area contributed by atoms with Crippen LogP contribution in [0.1, 0.15) is 18.1 Å². The Labute approximate surface area is 86.7 Å². The fraction of sp³-hybridized carbons (Fsp3) is 0.333. The van der Waals surface area contributed by atoms with Crippen LogP contribution in [-0.4, -0.2) is 17.2 Å². The largest absolute Gasteiger partial charge is 0.481 e. The maximum Gasteiger partial charge on any atom is 0.220 e. The van der Waals surface area contributed by atoms with Crippen molar-refractivity contribution >= 4 is 11.6 Å². The van der Waals surface area contributed by atoms with Crippen LogP contribution < -0.4 is 4.74 Å². The van der Waals surface area contributed by atoms with E-state index in [0.29, 0.717) is 5.56 Å². The zero-order valence-corrected chi connectivity index (χ0v) is 8.32. The van der Waals surface area contributed by atoms with Gasteiger partial charge in [0.1, 0.15) is 5.15 Å². The number of ether oxygens (including phenoxy) is 1. The monoisotopic (exact) mass is 212 g/mol. The molecule has 14 heavy (non-hydrogen) atoms. The van der Waals surface area contributed by atoms with Crippen LogP contribution in [0.4, 0.5) is 0 Å². The lowest BCUT2D eigenvalue weighted by Gasteiger charge is -2.10. The predicted octanol–water partition coefficient (Wildman–Crippen LogP) is 1.69. The minimum atomic E-state index is -0.889. The van der Waals surface area contributed by atoms with Gasteiger partial charge in [-0.3, -0.25) is 0 Å². The van der Waals surface area contributed by atoms with Crippen LogP contribution in [0.25, 0.3) is 0 Å². The standard InChI is InChI=1S/C9H9ClN2O2/c1-14-9-6(7(13)4-5-11)2-3-8(10)12-9/h2-3,7,13H,4H2,1H3. The summed E-state index contributed by atoms with van der Waals surface area (Å²) in [7, 11) is 1.43. The third kappa shape index (κ3) is 2.34. The minimum Gasteiger partial charge on any atom is -0.481 e. The summed E-state index contributed by atoms with van der Waals surface area (Å²) in [6.45, 7) is 0. The van der Waals surface area contributed by atoms with Crippen molar-refractivity contribution in [2.75, 3.05) is 7.11 Å². The summed E-state index contributed by atoms with van der Waals surface area (Å²) in [6, 6.07) is 5.00. The molecule has 1 aromatic heterocycles. The van der Waals surface area contributed by atoms with Gasteiger partial charge in [0.25, 0.3) is 0 Å². The van der Waals surface area contributed by atoms with E-state index in [0.717, 1.165) is 0 Å². The number of aromatic nitrogens is 1. The van der Waals surface area contributed by atoms with Gasteiger partial charge in [-0.15, -0.1) is 0 Å². The average molecular weight is 213 g/mol. The SMILES string of the molecule is COc1nc(Cl)ccc1C(O)CC#N. The molecule has 74 valence electrons. The van der Waals surface area contributed by atoms with Gasteiger partial charge in [-0.05, 0) is 12.1 Å². The van der Waals surface area contributed by atoms with Crippen LogP contribution in [0.2, 0.25) is 5.15 Å². The van der Waals surface area contributed by atoms with Crippen molar-refractivity contribution < 1.29 is 9.84 Å². The van der Waals surface area contributed by atoms with E-state index in [-0.39, 0.29) is 17.5 Å². The van der Waals surface area contributed by atoms with E-state index in [9.17, 15) is 5.11 Å². The summed E-state index contributed by atoms with van der Waals surface area (Å²) >= 11 is 5.64. The summed E-state index contributed by atoms with van der Waals surface area (Å²) in [6.07, 6.45) is -0.889. The molecule has 1 heterocycles. The van der Waals surface area contributed by atoms with Crippen molar-refractivity contribution in [2.45, 2.75) is 12.5 Å². The molecule has 4 nitrogen and oxygen atoms in total. The molecule has 1 rings (SSSR count). The van der Waals surface area contributed by atoms with E-state index in [4.69, 9.17) is 21.6 Å². The second-order valence-corrected chi connectivity index (χ2v) is 3.00. The van der Waals surface area contributed by atoms with Gasteiger partial charge in [0, 0.05) is 5.56 Å². The van der Waals surface area contributed by atoms with Crippen molar-refractivity contribution in [1.82, 2.24) is 4.98 Å². The van der Waals surface area contributed by atoms with Crippen LogP contribution in [0.15, 0.2) is 12.1 Å². The lowest BCUT2D eigenvalue weighted by atomic mass is 10.1. The molecule has 0 aliphatic heterocycles. The zero-order chi connectivity index (χ0) is 10.6. The summed E-state index contributed by atoms with van der Waals surface area (Å²) < 4.78 is 4.93. The van der Waals surface area contributed by atoms with Crippen LogP contribution in [-0.2, 0) is 0 Å². The Morgan fingerprint density at radius 2 is 2.43 bits per heavy atom. The Morgan fingerprint density at radius 1 is 1.71 bits per heavy atom. The molecule has 0 saturated heterocycles. The summed E-state index contributed by atoms with van der Waals surface area (Å²) in [5, 5.41) is 18.2. The van der Waals surface area contributed by atoms with Gasteiger partial charge >= 0.3 is 0 Å². The first kappa shape index (κ1) is 10.8. The topological polar surface area (TPSA) is 66.1 Å². The number of pyridine rings is 1. The maximum absolute atomic E-state index is 9.54. The van der Waals surface area contributed by atoms with E-state index in [1.807, 2.05) is 6.07 Å². The fourth-order valence-electron chi connectivity index (χ4n) is 1.04. The fourth-order valence-corrected chi connectivity index (χ4v) is 1.18. The molecule has 1 aromatic rings. The molecule has 0 aromatic carbocycles. The van der Waals surface area contributed by atoms with Gasteiger partial charge in [0.15, 0.2) is 0 Å². The first-order valence-corrected chi connectivity index (χ1v) is 4.32. The molecule has 5 heteroatoms. The number of halogens is 1. The highest BCUT2D eigenvalue weighted by molar-refractivity contribution is 6.29. The number of aliphatic hydroxyl groups is 1. The molecule has 0 fully saturated rings. The van der Waals surface area contributed by atoms with Gasteiger partial charge in [-0.25, -0.2) is 4.98 Å². The molecular formula is C9H9ClN2O2. The van der Waals surface area contributed by atoms with Crippen molar-refractivity contribution in [3.63, 3.8) is 0 Å². The van der Waals surface area contributed by atoms with Gasteiger partial charge in [0.05, 0.1) is 25.7 Å². The van der Waals surface area contributed by atoms with Crippen molar-refractivity contribution in [2.24, 2.45) is 0 Å². The Balaban J connectivity index is 3.02. The molecule has 0 amide bonds. The first-order chi connectivity index (χ1) is 6.69. The van der Waals surface area contributed by atoms with Gasteiger partial charge in [-0.2, -0.15) is 5.26 Å². The number of rotatable bonds is 3. The Hall–Kier alpha value is -1.31.